The molecular formula is C17H31N. The van der Waals surface area contributed by atoms with Crippen molar-refractivity contribution in [2.24, 2.45) is 10.9 Å². The molecule has 0 amide bonds. The van der Waals surface area contributed by atoms with E-state index < -0.39 is 0 Å². The topological polar surface area (TPSA) is 12.4 Å². The van der Waals surface area contributed by atoms with Crippen LogP contribution in [0.5, 0.6) is 0 Å². The van der Waals surface area contributed by atoms with E-state index in [1.165, 1.54) is 69.9 Å². The van der Waals surface area contributed by atoms with Crippen LogP contribution < -0.4 is 0 Å². The second-order valence-corrected chi connectivity index (χ2v) is 5.54. The summed E-state index contributed by atoms with van der Waals surface area (Å²) in [6.07, 6.45) is 17.9. The fraction of sp³-hybridized carbons (Fsp3) is 0.824. The lowest BCUT2D eigenvalue weighted by atomic mass is 9.90. The summed E-state index contributed by atoms with van der Waals surface area (Å²) in [5.41, 5.74) is 1.40. The van der Waals surface area contributed by atoms with E-state index in [0.717, 1.165) is 12.5 Å². The van der Waals surface area contributed by atoms with Gasteiger partial charge in [-0.2, -0.15) is 0 Å². The fourth-order valence-corrected chi connectivity index (χ4v) is 2.64. The Morgan fingerprint density at radius 3 is 2.61 bits per heavy atom. The highest BCUT2D eigenvalue weighted by Crippen LogP contribution is 2.20. The van der Waals surface area contributed by atoms with Crippen molar-refractivity contribution in [3.63, 3.8) is 0 Å². The van der Waals surface area contributed by atoms with Gasteiger partial charge in [0.25, 0.3) is 0 Å². The van der Waals surface area contributed by atoms with Gasteiger partial charge < -0.3 is 0 Å². The van der Waals surface area contributed by atoms with Gasteiger partial charge in [-0.25, -0.2) is 0 Å². The Balaban J connectivity index is 2.54. The molecule has 0 radical (unpaired) electrons. The molecule has 0 aromatic heterocycles. The average molecular weight is 249 g/mol. The Kier molecular flexibility index (Phi) is 8.89. The van der Waals surface area contributed by atoms with Crippen LogP contribution in [0.2, 0.25) is 0 Å². The maximum Gasteiger partial charge on any atom is 0.0392 e. The smallest absolute Gasteiger partial charge is 0.0392 e. The first-order valence-corrected chi connectivity index (χ1v) is 8.09. The van der Waals surface area contributed by atoms with Crippen LogP contribution in [0.25, 0.3) is 0 Å². The Bertz CT molecular complexity index is 252. The van der Waals surface area contributed by atoms with Gasteiger partial charge in [0.05, 0.1) is 0 Å². The Morgan fingerprint density at radius 2 is 1.83 bits per heavy atom. The highest BCUT2D eigenvalue weighted by molar-refractivity contribution is 5.96. The van der Waals surface area contributed by atoms with Gasteiger partial charge in [-0.05, 0) is 38.2 Å². The molecule has 1 atom stereocenters. The standard InChI is InChI=1S/C17H31N/c1-3-5-9-13-16(12-6-4-2)17-14-10-7-8-11-15-18-17/h10,14,16H,3-9,11-13,15H2,1-2H3. The van der Waals surface area contributed by atoms with Crippen LogP contribution in [-0.2, 0) is 0 Å². The molecule has 0 saturated carbocycles. The summed E-state index contributed by atoms with van der Waals surface area (Å²) in [6.45, 7) is 5.63. The first-order chi connectivity index (χ1) is 8.88. The lowest BCUT2D eigenvalue weighted by molar-refractivity contribution is 0.511. The molecule has 0 aromatic rings. The number of hydrogen-bond acceptors (Lipinski definition) is 1. The predicted octanol–water partition coefficient (Wildman–Crippen LogP) is 5.55. The highest BCUT2D eigenvalue weighted by Gasteiger charge is 2.13. The number of nitrogens with zero attached hydrogens (tertiary/aromatic N) is 1. The molecule has 104 valence electrons. The SMILES string of the molecule is CCCCCC(CCCC)C1=NCCCCC=C1. The minimum absolute atomic E-state index is 0.728. The van der Waals surface area contributed by atoms with E-state index in [4.69, 9.17) is 4.99 Å². The largest absolute Gasteiger partial charge is 0.289 e. The minimum Gasteiger partial charge on any atom is -0.289 e. The van der Waals surface area contributed by atoms with Gasteiger partial charge >= 0.3 is 0 Å². The fourth-order valence-electron chi connectivity index (χ4n) is 2.64. The normalized spacial score (nSPS) is 18.0. The zero-order valence-corrected chi connectivity index (χ0v) is 12.5. The van der Waals surface area contributed by atoms with Gasteiger partial charge in [0, 0.05) is 18.2 Å². The molecule has 0 N–H and O–H groups in total. The lowest BCUT2D eigenvalue weighted by Gasteiger charge is -2.18. The van der Waals surface area contributed by atoms with Crippen LogP contribution >= 0.6 is 0 Å². The number of hydrogen-bond donors (Lipinski definition) is 0. The molecule has 1 aliphatic heterocycles. The lowest BCUT2D eigenvalue weighted by Crippen LogP contribution is -2.14. The summed E-state index contributed by atoms with van der Waals surface area (Å²) >= 11 is 0. The molecule has 0 bridgehead atoms. The minimum atomic E-state index is 0.728. The van der Waals surface area contributed by atoms with Crippen LogP contribution in [0.1, 0.15) is 78.1 Å². The van der Waals surface area contributed by atoms with Crippen molar-refractivity contribution in [1.82, 2.24) is 0 Å². The molecule has 1 rings (SSSR count). The zero-order valence-electron chi connectivity index (χ0n) is 12.5. The molecule has 0 aromatic carbocycles. The summed E-state index contributed by atoms with van der Waals surface area (Å²) in [6, 6.07) is 0. The van der Waals surface area contributed by atoms with Gasteiger partial charge in [0.1, 0.15) is 0 Å². The summed E-state index contributed by atoms with van der Waals surface area (Å²) in [5.74, 6) is 0.728. The molecule has 1 heterocycles. The van der Waals surface area contributed by atoms with Gasteiger partial charge in [0.2, 0.25) is 0 Å². The third-order valence-electron chi connectivity index (χ3n) is 3.84. The monoisotopic (exact) mass is 249 g/mol. The summed E-state index contributed by atoms with van der Waals surface area (Å²) in [5, 5.41) is 0. The van der Waals surface area contributed by atoms with Crippen molar-refractivity contribution in [3.8, 4) is 0 Å². The molecule has 1 aliphatic rings. The van der Waals surface area contributed by atoms with Crippen molar-refractivity contribution < 1.29 is 0 Å². The van der Waals surface area contributed by atoms with E-state index in [1.54, 1.807) is 0 Å². The van der Waals surface area contributed by atoms with Crippen LogP contribution in [0, 0.1) is 5.92 Å². The quantitative estimate of drug-likeness (QED) is 0.500. The average Bonchev–Trinajstić information content (AvgIpc) is 2.34. The van der Waals surface area contributed by atoms with E-state index in [9.17, 15) is 0 Å². The van der Waals surface area contributed by atoms with Crippen LogP contribution in [-0.4, -0.2) is 12.3 Å². The van der Waals surface area contributed by atoms with E-state index in [-0.39, 0.29) is 0 Å². The Labute approximate surface area is 114 Å². The summed E-state index contributed by atoms with van der Waals surface area (Å²) in [4.78, 5) is 4.85. The maximum absolute atomic E-state index is 4.85. The summed E-state index contributed by atoms with van der Waals surface area (Å²) < 4.78 is 0. The number of allylic oxidation sites excluding steroid dienone is 2. The van der Waals surface area contributed by atoms with Crippen LogP contribution in [0.4, 0.5) is 0 Å². The number of rotatable bonds is 8. The molecule has 1 unspecified atom stereocenters. The Hall–Kier alpha value is -0.590. The molecule has 1 nitrogen and oxygen atoms in total. The van der Waals surface area contributed by atoms with Crippen molar-refractivity contribution in [1.29, 1.82) is 0 Å². The molecule has 0 saturated heterocycles. The molecular weight excluding hydrogens is 218 g/mol. The third kappa shape index (κ3) is 6.37. The molecule has 0 aliphatic carbocycles. The second kappa shape index (κ2) is 10.3. The van der Waals surface area contributed by atoms with E-state index in [1.807, 2.05) is 0 Å². The molecule has 0 spiro atoms. The second-order valence-electron chi connectivity index (χ2n) is 5.54. The van der Waals surface area contributed by atoms with Gasteiger partial charge in [-0.3, -0.25) is 4.99 Å². The molecule has 18 heavy (non-hydrogen) atoms. The van der Waals surface area contributed by atoms with Crippen molar-refractivity contribution in [3.05, 3.63) is 12.2 Å². The predicted molar refractivity (Wildman–Crippen MR) is 82.5 cm³/mol. The van der Waals surface area contributed by atoms with Crippen molar-refractivity contribution >= 4 is 5.71 Å². The van der Waals surface area contributed by atoms with Gasteiger partial charge in [-0.1, -0.05) is 52.0 Å². The van der Waals surface area contributed by atoms with Crippen molar-refractivity contribution in [2.45, 2.75) is 78.1 Å². The van der Waals surface area contributed by atoms with Crippen LogP contribution in [0.3, 0.4) is 0 Å². The summed E-state index contributed by atoms with van der Waals surface area (Å²) in [7, 11) is 0. The van der Waals surface area contributed by atoms with Gasteiger partial charge in [0.15, 0.2) is 0 Å². The molecule has 1 heteroatoms. The number of unbranched alkanes of at least 4 members (excludes halogenated alkanes) is 3. The highest BCUT2D eigenvalue weighted by atomic mass is 14.7. The maximum atomic E-state index is 4.85. The van der Waals surface area contributed by atoms with Crippen molar-refractivity contribution in [2.75, 3.05) is 6.54 Å². The zero-order chi connectivity index (χ0) is 13.1. The van der Waals surface area contributed by atoms with E-state index in [2.05, 4.69) is 26.0 Å². The Morgan fingerprint density at radius 1 is 1.06 bits per heavy atom. The number of aliphatic imine (C=N–C) groups is 1. The van der Waals surface area contributed by atoms with E-state index >= 15 is 0 Å². The first kappa shape index (κ1) is 15.5. The van der Waals surface area contributed by atoms with Gasteiger partial charge in [-0.15, -0.1) is 0 Å². The first-order valence-electron chi connectivity index (χ1n) is 8.09. The van der Waals surface area contributed by atoms with Crippen LogP contribution in [0.15, 0.2) is 17.1 Å². The molecule has 0 fully saturated rings. The van der Waals surface area contributed by atoms with E-state index in [0.29, 0.717) is 0 Å². The third-order valence-corrected chi connectivity index (χ3v) is 3.84.